The molecule has 12 heteroatoms. The van der Waals surface area contributed by atoms with Crippen molar-refractivity contribution < 1.29 is 34.8 Å². The summed E-state index contributed by atoms with van der Waals surface area (Å²) in [7, 11) is -3.98. The number of nitriles is 1. The van der Waals surface area contributed by atoms with Gasteiger partial charge in [-0.1, -0.05) is 0 Å². The van der Waals surface area contributed by atoms with Crippen LogP contribution >= 0.6 is 11.8 Å². The number of aliphatic imine (C=N–C) groups is 1. The monoisotopic (exact) mass is 404 g/mol. The lowest BCUT2D eigenvalue weighted by molar-refractivity contribution is -0.143. The van der Waals surface area contributed by atoms with Crippen LogP contribution in [0.15, 0.2) is 23.2 Å². The van der Waals surface area contributed by atoms with Gasteiger partial charge < -0.3 is 0 Å². The van der Waals surface area contributed by atoms with Crippen molar-refractivity contribution >= 4 is 32.3 Å². The Balaban J connectivity index is 3.62. The van der Waals surface area contributed by atoms with Crippen molar-refractivity contribution in [2.75, 3.05) is 12.5 Å². The molecule has 0 heterocycles. The first-order valence-corrected chi connectivity index (χ1v) is 9.38. The zero-order valence-corrected chi connectivity index (χ0v) is 14.2. The average Bonchev–Trinajstić information content (AvgIpc) is 2.43. The Labute approximate surface area is 143 Å². The summed E-state index contributed by atoms with van der Waals surface area (Å²) in [6, 6.07) is 2.04. The third kappa shape index (κ3) is 5.64. The fourth-order valence-electron chi connectivity index (χ4n) is 1.68. The first-order chi connectivity index (χ1) is 11.2. The maximum Gasteiger partial charge on any atom is 0.416 e. The predicted octanol–water partition coefficient (Wildman–Crippen LogP) is 4.05. The smallest absolute Gasteiger partial charge is 0.244 e. The van der Waals surface area contributed by atoms with Crippen LogP contribution < -0.4 is 0 Å². The second-order valence-corrected chi connectivity index (χ2v) is 7.71. The summed E-state index contributed by atoms with van der Waals surface area (Å²) >= 11 is 0.637. The molecule has 1 unspecified atom stereocenters. The topological polar surface area (TPSA) is 70.3 Å². The third-order valence-electron chi connectivity index (χ3n) is 2.79. The number of hydrogen-bond acceptors (Lipinski definition) is 5. The fourth-order valence-corrected chi connectivity index (χ4v) is 3.56. The molecule has 1 atom stereocenters. The normalized spacial score (nSPS) is 14.9. The van der Waals surface area contributed by atoms with Gasteiger partial charge in [0.2, 0.25) is 0 Å². The van der Waals surface area contributed by atoms with Gasteiger partial charge >= 0.3 is 12.4 Å². The van der Waals surface area contributed by atoms with E-state index < -0.39 is 49.3 Å². The van der Waals surface area contributed by atoms with Crippen LogP contribution in [0.25, 0.3) is 0 Å². The van der Waals surface area contributed by atoms with Gasteiger partial charge in [0, 0.05) is 6.26 Å². The Hall–Kier alpha value is -1.74. The summed E-state index contributed by atoms with van der Waals surface area (Å²) in [5.41, 5.74) is -3.93. The first-order valence-electron chi connectivity index (χ1n) is 6.20. The number of thioether (sulfide) groups is 1. The summed E-state index contributed by atoms with van der Waals surface area (Å²) in [6.07, 6.45) is -8.11. The summed E-state index contributed by atoms with van der Waals surface area (Å²) in [6.45, 7) is 0. The second kappa shape index (κ2) is 7.25. The molecule has 1 rings (SSSR count). The van der Waals surface area contributed by atoms with E-state index in [1.54, 1.807) is 0 Å². The van der Waals surface area contributed by atoms with Gasteiger partial charge in [-0.05, 0) is 24.5 Å². The second-order valence-electron chi connectivity index (χ2n) is 4.76. The molecule has 0 amide bonds. The number of benzene rings is 1. The molecular formula is C13H10F6N2O2S2. The van der Waals surface area contributed by atoms with E-state index in [4.69, 9.17) is 5.26 Å². The van der Waals surface area contributed by atoms with Gasteiger partial charge in [-0.25, -0.2) is 13.4 Å². The number of halogens is 6. The van der Waals surface area contributed by atoms with Crippen molar-refractivity contribution in [1.29, 1.82) is 5.26 Å². The highest BCUT2D eigenvalue weighted by atomic mass is 32.2. The van der Waals surface area contributed by atoms with Gasteiger partial charge in [-0.15, -0.1) is 11.8 Å². The fraction of sp³-hybridized carbons (Fsp3) is 0.385. The van der Waals surface area contributed by atoms with Gasteiger partial charge in [-0.2, -0.15) is 31.6 Å². The third-order valence-corrected chi connectivity index (χ3v) is 4.87. The molecule has 1 aromatic carbocycles. The van der Waals surface area contributed by atoms with Crippen molar-refractivity contribution in [3.63, 3.8) is 0 Å². The highest BCUT2D eigenvalue weighted by molar-refractivity contribution is 8.15. The molecule has 0 fully saturated rings. The maximum absolute atomic E-state index is 12.8. The molecule has 0 aliphatic heterocycles. The van der Waals surface area contributed by atoms with Crippen molar-refractivity contribution in [3.8, 4) is 6.07 Å². The minimum Gasteiger partial charge on any atom is -0.244 e. The lowest BCUT2D eigenvalue weighted by atomic mass is 10.1. The van der Waals surface area contributed by atoms with Crippen LogP contribution in [0.1, 0.15) is 11.1 Å². The Kier molecular flexibility index (Phi) is 6.18. The zero-order chi connectivity index (χ0) is 19.6. The number of hydrogen-bond donors (Lipinski definition) is 0. The molecule has 0 spiro atoms. The number of alkyl halides is 6. The van der Waals surface area contributed by atoms with Crippen molar-refractivity contribution in [2.24, 2.45) is 4.99 Å². The zero-order valence-electron chi connectivity index (χ0n) is 12.6. The Morgan fingerprint density at radius 3 is 1.84 bits per heavy atom. The molecule has 138 valence electrons. The summed E-state index contributed by atoms with van der Waals surface area (Å²) < 4.78 is 99.9. The van der Waals surface area contributed by atoms with E-state index in [9.17, 15) is 34.8 Å². The maximum atomic E-state index is 12.8. The van der Waals surface area contributed by atoms with Gasteiger partial charge in [0.15, 0.2) is 15.1 Å². The molecule has 4 nitrogen and oxygen atoms in total. The quantitative estimate of drug-likeness (QED) is 0.433. The highest BCUT2D eigenvalue weighted by Crippen LogP contribution is 2.38. The lowest BCUT2D eigenvalue weighted by Gasteiger charge is -2.14. The molecule has 0 saturated heterocycles. The first kappa shape index (κ1) is 21.3. The van der Waals surface area contributed by atoms with Crippen LogP contribution in [0.5, 0.6) is 0 Å². The Bertz CT molecular complexity index is 790. The minimum atomic E-state index is -5.06. The number of nitrogens with zero attached hydrogens (tertiary/aromatic N) is 2. The molecule has 0 saturated carbocycles. The Morgan fingerprint density at radius 1 is 1.12 bits per heavy atom. The van der Waals surface area contributed by atoms with Gasteiger partial charge in [0.05, 0.1) is 22.9 Å². The van der Waals surface area contributed by atoms with Gasteiger partial charge in [0.25, 0.3) is 0 Å². The van der Waals surface area contributed by atoms with Crippen LogP contribution in [0, 0.1) is 11.3 Å². The van der Waals surface area contributed by atoms with Crippen LogP contribution in [-0.4, -0.2) is 31.2 Å². The molecule has 0 aliphatic carbocycles. The van der Waals surface area contributed by atoms with E-state index in [1.807, 2.05) is 0 Å². The average molecular weight is 404 g/mol. The van der Waals surface area contributed by atoms with Crippen molar-refractivity contribution in [2.45, 2.75) is 17.6 Å². The number of sulfone groups is 1. The molecule has 0 radical (unpaired) electrons. The van der Waals surface area contributed by atoms with Crippen LogP contribution in [0.4, 0.5) is 32.0 Å². The molecule has 25 heavy (non-hydrogen) atoms. The van der Waals surface area contributed by atoms with Crippen LogP contribution in [-0.2, 0) is 22.2 Å². The van der Waals surface area contributed by atoms with Crippen LogP contribution in [0.2, 0.25) is 0 Å². The lowest BCUT2D eigenvalue weighted by Crippen LogP contribution is -2.25. The SMILES string of the molecule is CSC(=Nc1cc(C(F)(F)F)cc(C(F)(F)F)c1)C(C#N)S(C)(=O)=O. The minimum absolute atomic E-state index is 0.0733. The largest absolute Gasteiger partial charge is 0.416 e. The van der Waals surface area contributed by atoms with Crippen molar-refractivity contribution in [3.05, 3.63) is 29.3 Å². The van der Waals surface area contributed by atoms with E-state index in [0.29, 0.717) is 30.2 Å². The van der Waals surface area contributed by atoms with E-state index in [2.05, 4.69) is 4.99 Å². The van der Waals surface area contributed by atoms with Gasteiger partial charge in [-0.3, -0.25) is 0 Å². The van der Waals surface area contributed by atoms with E-state index in [-0.39, 0.29) is 6.07 Å². The molecular weight excluding hydrogens is 394 g/mol. The van der Waals surface area contributed by atoms with Crippen molar-refractivity contribution in [1.82, 2.24) is 0 Å². The van der Waals surface area contributed by atoms with Crippen LogP contribution in [0.3, 0.4) is 0 Å². The molecule has 0 aromatic heterocycles. The molecule has 0 bridgehead atoms. The summed E-state index contributed by atoms with van der Waals surface area (Å²) in [5, 5.41) is 6.69. The summed E-state index contributed by atoms with van der Waals surface area (Å²) in [4.78, 5) is 3.54. The Morgan fingerprint density at radius 2 is 1.56 bits per heavy atom. The van der Waals surface area contributed by atoms with E-state index >= 15 is 0 Å². The molecule has 0 N–H and O–H groups in total. The number of rotatable bonds is 3. The summed E-state index contributed by atoms with van der Waals surface area (Å²) in [5.74, 6) is 0. The molecule has 0 aliphatic rings. The van der Waals surface area contributed by atoms with Gasteiger partial charge in [0.1, 0.15) is 5.04 Å². The van der Waals surface area contributed by atoms with E-state index in [1.165, 1.54) is 12.3 Å². The highest BCUT2D eigenvalue weighted by Gasteiger charge is 2.37. The van der Waals surface area contributed by atoms with E-state index in [0.717, 1.165) is 0 Å². The standard InChI is InChI=1S/C13H10F6N2O2S2/c1-24-11(10(6-20)25(2,22)23)21-9-4-7(12(14,15)16)3-8(5-9)13(17,18)19/h3-5,10H,1-2H3. The molecule has 1 aromatic rings. The predicted molar refractivity (Wildman–Crippen MR) is 81.3 cm³/mol.